The van der Waals surface area contributed by atoms with Gasteiger partial charge in [0.1, 0.15) is 57.8 Å². The van der Waals surface area contributed by atoms with Crippen molar-refractivity contribution in [1.82, 2.24) is 19.9 Å². The number of methoxy groups -OCH3 is 3. The Labute approximate surface area is 309 Å². The molecular weight excluding hydrogens is 688 g/mol. The Bertz CT molecular complexity index is 2530. The minimum Gasteiger partial charge on any atom is -0.509 e. The molecule has 0 saturated carbocycles. The molecule has 0 unspecified atom stereocenters. The zero-order valence-corrected chi connectivity index (χ0v) is 30.1. The summed E-state index contributed by atoms with van der Waals surface area (Å²) in [7, 11) is 4.69. The van der Waals surface area contributed by atoms with Crippen molar-refractivity contribution in [3.63, 3.8) is 0 Å². The summed E-state index contributed by atoms with van der Waals surface area (Å²) < 4.78 is 22.6. The maximum atomic E-state index is 11.0. The second-order valence-corrected chi connectivity index (χ2v) is 13.0. The Morgan fingerprint density at radius 1 is 0.685 bits per heavy atom. The van der Waals surface area contributed by atoms with Crippen LogP contribution < -0.4 is 28.7 Å². The quantitative estimate of drug-likeness (QED) is 0.0817. The van der Waals surface area contributed by atoms with Crippen molar-refractivity contribution in [2.24, 2.45) is 0 Å². The molecule has 4 aromatic carbocycles. The van der Waals surface area contributed by atoms with E-state index in [0.717, 1.165) is 27.7 Å². The van der Waals surface area contributed by atoms with E-state index in [-0.39, 0.29) is 36.3 Å². The van der Waals surface area contributed by atoms with Crippen LogP contribution in [-0.2, 0) is 6.42 Å². The Hall–Kier alpha value is -6.96. The number of aromatic nitrogens is 4. The summed E-state index contributed by atoms with van der Waals surface area (Å²) >= 11 is 0. The Morgan fingerprint density at radius 3 is 1.83 bits per heavy atom. The van der Waals surface area contributed by atoms with Crippen LogP contribution in [0.2, 0.25) is 0 Å². The number of hydrogen-bond acceptors (Lipinski definition) is 10. The van der Waals surface area contributed by atoms with Crippen LogP contribution in [0.5, 0.6) is 23.0 Å². The van der Waals surface area contributed by atoms with Gasteiger partial charge >= 0.3 is 0 Å². The fourth-order valence-electron chi connectivity index (χ4n) is 6.87. The first kappa shape index (κ1) is 34.1. The van der Waals surface area contributed by atoms with Crippen molar-refractivity contribution in [2.75, 3.05) is 50.8 Å². The lowest BCUT2D eigenvalue weighted by Crippen LogP contribution is -2.26. The first-order valence-electron chi connectivity index (χ1n) is 17.2. The van der Waals surface area contributed by atoms with Gasteiger partial charge < -0.3 is 48.9 Å². The summed E-state index contributed by atoms with van der Waals surface area (Å²) in [5.41, 5.74) is 7.04. The molecule has 0 amide bonds. The van der Waals surface area contributed by atoms with Gasteiger partial charge in [0.05, 0.1) is 85.6 Å². The lowest BCUT2D eigenvalue weighted by molar-refractivity contribution is 0.319. The highest BCUT2D eigenvalue weighted by atomic mass is 16.5. The monoisotopic (exact) mass is 726 g/mol. The number of aromatic amines is 2. The molecule has 14 nitrogen and oxygen atoms in total. The number of H-pyrrole nitrogens is 2. The maximum absolute atomic E-state index is 11.0. The predicted octanol–water partition coefficient (Wildman–Crippen LogP) is 6.93. The maximum Gasteiger partial charge on any atom is 0.145 e. The molecule has 0 aliphatic carbocycles. The third kappa shape index (κ3) is 6.06. The van der Waals surface area contributed by atoms with Gasteiger partial charge in [0.25, 0.3) is 0 Å². The molecule has 6 aromatic rings. The smallest absolute Gasteiger partial charge is 0.145 e. The largest absolute Gasteiger partial charge is 0.509 e. The highest BCUT2D eigenvalue weighted by molar-refractivity contribution is 6.31. The number of nitrogens with one attached hydrogen (secondary N) is 4. The molecule has 14 heteroatoms. The van der Waals surface area contributed by atoms with Crippen LogP contribution in [0.3, 0.4) is 0 Å². The van der Waals surface area contributed by atoms with Crippen LogP contribution >= 0.6 is 0 Å². The molecule has 6 N–H and O–H groups in total. The molecule has 0 radical (unpaired) electrons. The third-order valence-electron chi connectivity index (χ3n) is 9.66. The third-order valence-corrected chi connectivity index (χ3v) is 9.66. The van der Waals surface area contributed by atoms with Gasteiger partial charge in [0.2, 0.25) is 0 Å². The summed E-state index contributed by atoms with van der Waals surface area (Å²) in [6.45, 7) is 2.53. The summed E-state index contributed by atoms with van der Waals surface area (Å²) in [5.74, 6) is 3.38. The van der Waals surface area contributed by atoms with E-state index in [1.165, 1.54) is 0 Å². The normalized spacial score (nSPS) is 14.7. The zero-order valence-electron chi connectivity index (χ0n) is 30.1. The number of fused-ring (bicyclic) bond motifs is 2. The minimum absolute atomic E-state index is 0.0306. The number of aliphatic hydroxyl groups excluding tert-OH is 2. The van der Waals surface area contributed by atoms with Crippen molar-refractivity contribution in [1.29, 1.82) is 10.8 Å². The number of nitrogens with zero attached hydrogens (tertiary/aromatic N) is 4. The van der Waals surface area contributed by atoms with E-state index in [9.17, 15) is 10.2 Å². The molecule has 8 rings (SSSR count). The number of anilines is 2. The number of amidine groups is 2. The van der Waals surface area contributed by atoms with E-state index >= 15 is 0 Å². The zero-order chi connectivity index (χ0) is 37.7. The van der Waals surface area contributed by atoms with Crippen LogP contribution in [-0.4, -0.2) is 82.8 Å². The van der Waals surface area contributed by atoms with E-state index in [0.29, 0.717) is 75.7 Å². The summed E-state index contributed by atoms with van der Waals surface area (Å²) in [6, 6.07) is 22.4. The van der Waals surface area contributed by atoms with Crippen LogP contribution in [0.25, 0.3) is 33.2 Å². The van der Waals surface area contributed by atoms with Gasteiger partial charge in [-0.15, -0.1) is 0 Å². The average molecular weight is 727 g/mol. The molecule has 0 spiro atoms. The van der Waals surface area contributed by atoms with Crippen molar-refractivity contribution in [3.8, 4) is 23.0 Å². The van der Waals surface area contributed by atoms with Gasteiger partial charge in [0, 0.05) is 42.8 Å². The minimum atomic E-state index is 0.0306. The predicted molar refractivity (Wildman–Crippen MR) is 208 cm³/mol. The van der Waals surface area contributed by atoms with Crippen LogP contribution in [0.1, 0.15) is 22.8 Å². The molecule has 2 aromatic heterocycles. The number of para-hydroxylation sites is 1. The number of rotatable bonds is 11. The second-order valence-electron chi connectivity index (χ2n) is 13.0. The van der Waals surface area contributed by atoms with Gasteiger partial charge in [-0.3, -0.25) is 10.8 Å². The lowest BCUT2D eigenvalue weighted by atomic mass is 10.1. The Morgan fingerprint density at radius 2 is 1.24 bits per heavy atom. The molecule has 0 bridgehead atoms. The number of imidazole rings is 2. The number of aryl methyl sites for hydroxylation is 1. The van der Waals surface area contributed by atoms with E-state index in [1.807, 2.05) is 49.4 Å². The summed E-state index contributed by atoms with van der Waals surface area (Å²) in [4.78, 5) is 19.3. The van der Waals surface area contributed by atoms with Crippen molar-refractivity contribution >= 4 is 56.3 Å². The highest BCUT2D eigenvalue weighted by Gasteiger charge is 2.33. The van der Waals surface area contributed by atoms with E-state index in [2.05, 4.69) is 15.0 Å². The van der Waals surface area contributed by atoms with Gasteiger partial charge in [-0.1, -0.05) is 18.2 Å². The standard InChI is InChI=1S/C40H38N8O6/c1-21-6-5-7-30-36(21)46-40(44-30)35-33(50)20-48(38(35)42)24-15-27(53-4)18-28(16-24)54-11-10-22-8-9-29-31(12-22)45-39(43-29)34-32(49)19-47(37(34)41)23-13-25(51-2)17-26(14-23)52-3/h5-9,12-18,41-42,49-50H,10-11,19-20H2,1-4H3,(H,43,45)(H,44,46). The topological polar surface area (TPSA) is 189 Å². The average Bonchev–Trinajstić information content (AvgIpc) is 3.93. The highest BCUT2D eigenvalue weighted by Crippen LogP contribution is 2.37. The molecule has 2 aliphatic heterocycles. The van der Waals surface area contributed by atoms with Gasteiger partial charge in [-0.25, -0.2) is 9.97 Å². The van der Waals surface area contributed by atoms with Crippen LogP contribution in [0.15, 0.2) is 84.3 Å². The van der Waals surface area contributed by atoms with Gasteiger partial charge in [0.15, 0.2) is 0 Å². The van der Waals surface area contributed by atoms with E-state index < -0.39 is 0 Å². The SMILES string of the molecule is COc1cc(OC)cc(N2CC(O)=C(c3nc4ccc(CCOc5cc(OC)cc(N6CC(O)=C(c7nc8c(C)cccc8[nH]7)C6=N)c5)cc4[nH]3)C2=N)c1. The van der Waals surface area contributed by atoms with Crippen molar-refractivity contribution in [3.05, 3.63) is 107 Å². The molecule has 4 heterocycles. The molecule has 274 valence electrons. The molecule has 0 saturated heterocycles. The number of aliphatic hydroxyl groups is 2. The van der Waals surface area contributed by atoms with Gasteiger partial charge in [-0.2, -0.15) is 0 Å². The lowest BCUT2D eigenvalue weighted by Gasteiger charge is -2.20. The number of benzene rings is 4. The Balaban J connectivity index is 0.956. The molecular formula is C40H38N8O6. The van der Waals surface area contributed by atoms with E-state index in [4.69, 9.17) is 34.7 Å². The first-order valence-corrected chi connectivity index (χ1v) is 17.2. The van der Waals surface area contributed by atoms with Gasteiger partial charge in [-0.05, 0) is 36.2 Å². The fraction of sp³-hybridized carbons (Fsp3) is 0.200. The van der Waals surface area contributed by atoms with Crippen LogP contribution in [0.4, 0.5) is 11.4 Å². The fourth-order valence-corrected chi connectivity index (χ4v) is 6.87. The number of ether oxygens (including phenoxy) is 4. The second kappa shape index (κ2) is 13.5. The first-order chi connectivity index (χ1) is 26.1. The van der Waals surface area contributed by atoms with E-state index in [1.54, 1.807) is 61.5 Å². The van der Waals surface area contributed by atoms with Crippen LogP contribution in [0, 0.1) is 17.7 Å². The van der Waals surface area contributed by atoms with Crippen molar-refractivity contribution < 1.29 is 29.2 Å². The molecule has 2 aliphatic rings. The summed E-state index contributed by atoms with van der Waals surface area (Å²) in [5, 5.41) is 39.9. The summed E-state index contributed by atoms with van der Waals surface area (Å²) in [6.07, 6.45) is 0.573. The molecule has 0 fully saturated rings. The van der Waals surface area contributed by atoms with Crippen molar-refractivity contribution in [2.45, 2.75) is 13.3 Å². The molecule has 0 atom stereocenters. The molecule has 54 heavy (non-hydrogen) atoms. The Kier molecular flexibility index (Phi) is 8.56. The number of hydrogen-bond donors (Lipinski definition) is 6.